The second-order valence-electron chi connectivity index (χ2n) is 13.8. The number of amides is 2. The lowest BCUT2D eigenvalue weighted by molar-refractivity contribution is -0.131. The van der Waals surface area contributed by atoms with Crippen molar-refractivity contribution in [2.24, 2.45) is 7.05 Å². The van der Waals surface area contributed by atoms with Gasteiger partial charge in [-0.3, -0.25) is 24.4 Å². The molecular weight excluding hydrogens is 652 g/mol. The van der Waals surface area contributed by atoms with E-state index < -0.39 is 6.23 Å². The number of carbonyl (C=O) groups excluding carboxylic acids is 2. The summed E-state index contributed by atoms with van der Waals surface area (Å²) < 4.78 is 13.2. The summed E-state index contributed by atoms with van der Waals surface area (Å²) in [4.78, 5) is 41.4. The smallest absolute Gasteiger partial charge is 0.276 e. The van der Waals surface area contributed by atoms with Crippen LogP contribution >= 0.6 is 0 Å². The zero-order valence-electron chi connectivity index (χ0n) is 29.3. The number of piperidine rings is 2. The molecule has 2 unspecified atom stereocenters. The summed E-state index contributed by atoms with van der Waals surface area (Å²) in [6, 6.07) is 12.2. The van der Waals surface area contributed by atoms with E-state index in [0.717, 1.165) is 66.8 Å². The number of aliphatic hydroxyl groups excluding tert-OH is 1. The van der Waals surface area contributed by atoms with Gasteiger partial charge >= 0.3 is 0 Å². The number of aliphatic hydroxyl groups is 1. The van der Waals surface area contributed by atoms with Crippen LogP contribution < -0.4 is 31.0 Å². The number of ether oxygens (including phenoxy) is 2. The number of methoxy groups -OCH3 is 2. The zero-order chi connectivity index (χ0) is 35.6. The number of pyridine rings is 1. The van der Waals surface area contributed by atoms with Crippen molar-refractivity contribution in [3.8, 4) is 22.6 Å². The fourth-order valence-corrected chi connectivity index (χ4v) is 7.53. The molecule has 0 aliphatic carbocycles. The van der Waals surface area contributed by atoms with Crippen molar-refractivity contribution in [1.29, 1.82) is 0 Å². The van der Waals surface area contributed by atoms with E-state index in [1.165, 1.54) is 10.1 Å². The number of H-pyrrole nitrogens is 1. The Bertz CT molecular complexity index is 1920. The number of hydrogen-bond donors (Lipinski definition) is 5. The van der Waals surface area contributed by atoms with Crippen LogP contribution in [0, 0.1) is 0 Å². The van der Waals surface area contributed by atoms with Crippen molar-refractivity contribution in [3.63, 3.8) is 0 Å². The maximum Gasteiger partial charge on any atom is 0.276 e. The van der Waals surface area contributed by atoms with Crippen LogP contribution in [0.25, 0.3) is 22.0 Å². The minimum Gasteiger partial charge on any atom is -0.496 e. The topological polar surface area (TPSA) is 166 Å². The van der Waals surface area contributed by atoms with Gasteiger partial charge in [-0.1, -0.05) is 12.1 Å². The molecule has 270 valence electrons. The normalized spacial score (nSPS) is 20.2. The third kappa shape index (κ3) is 7.30. The van der Waals surface area contributed by atoms with Crippen molar-refractivity contribution in [1.82, 2.24) is 35.2 Å². The van der Waals surface area contributed by atoms with Gasteiger partial charge in [0, 0.05) is 75.1 Å². The van der Waals surface area contributed by atoms with Crippen molar-refractivity contribution >= 4 is 28.4 Å². The van der Waals surface area contributed by atoms with Gasteiger partial charge in [0.15, 0.2) is 0 Å². The average molecular weight is 699 g/mol. The standard InChI is InChI=1S/C37H46N8O6/c1-43-20-28(27-16-39-42-35(27)37(43)49)24-14-31(50-2)29(32(15-24)51-3)21-44-18-26(19-44)38-17-34(47)45-12-10-23(11-13-45)22-4-6-25(7-5-22)40-30-8-9-33(46)41-36(30)48/h4-7,14-16,20,23,26,30,36,38,40,48H,8-13,17-19,21H2,1-3H3,(H,39,42)(H,41,46). The minimum atomic E-state index is -0.890. The molecule has 2 aromatic heterocycles. The Balaban J connectivity index is 0.875. The van der Waals surface area contributed by atoms with Crippen LogP contribution in [-0.4, -0.2) is 107 Å². The first-order chi connectivity index (χ1) is 24.7. The highest BCUT2D eigenvalue weighted by Gasteiger charge is 2.31. The van der Waals surface area contributed by atoms with Crippen LogP contribution in [0.15, 0.2) is 53.6 Å². The average Bonchev–Trinajstić information content (AvgIpc) is 3.62. The molecule has 0 spiro atoms. The van der Waals surface area contributed by atoms with Crippen molar-refractivity contribution in [2.75, 3.05) is 52.3 Å². The number of likely N-dealkylation sites (tertiary alicyclic amines) is 2. The summed E-state index contributed by atoms with van der Waals surface area (Å²) in [5.74, 6) is 1.81. The van der Waals surface area contributed by atoms with Crippen molar-refractivity contribution in [3.05, 3.63) is 70.3 Å². The van der Waals surface area contributed by atoms with Crippen LogP contribution in [-0.2, 0) is 23.2 Å². The van der Waals surface area contributed by atoms with Crippen molar-refractivity contribution < 1.29 is 24.2 Å². The third-order valence-corrected chi connectivity index (χ3v) is 10.5. The monoisotopic (exact) mass is 698 g/mol. The lowest BCUT2D eigenvalue weighted by atomic mass is 9.89. The summed E-state index contributed by atoms with van der Waals surface area (Å²) in [5, 5.41) is 27.1. The Morgan fingerprint density at radius 2 is 1.75 bits per heavy atom. The molecule has 2 aromatic carbocycles. The number of benzene rings is 2. The van der Waals surface area contributed by atoms with Gasteiger partial charge in [-0.15, -0.1) is 0 Å². The fraction of sp³-hybridized carbons (Fsp3) is 0.459. The minimum absolute atomic E-state index is 0.124. The number of carbonyl (C=O) groups is 2. The molecule has 2 atom stereocenters. The largest absolute Gasteiger partial charge is 0.496 e. The number of aryl methyl sites for hydroxylation is 1. The van der Waals surface area contributed by atoms with Gasteiger partial charge in [-0.25, -0.2) is 0 Å². The maximum absolute atomic E-state index is 13.1. The van der Waals surface area contributed by atoms with Crippen molar-refractivity contribution in [2.45, 2.75) is 56.5 Å². The predicted molar refractivity (Wildman–Crippen MR) is 193 cm³/mol. The molecule has 3 saturated heterocycles. The van der Waals surface area contributed by atoms with Gasteiger partial charge in [-0.2, -0.15) is 5.10 Å². The molecule has 5 heterocycles. The van der Waals surface area contributed by atoms with E-state index in [4.69, 9.17) is 9.47 Å². The Hall–Kier alpha value is -4.92. The molecule has 51 heavy (non-hydrogen) atoms. The maximum atomic E-state index is 13.1. The van der Waals surface area contributed by atoms with Crippen LogP contribution in [0.4, 0.5) is 5.69 Å². The third-order valence-electron chi connectivity index (χ3n) is 10.5. The van der Waals surface area contributed by atoms with E-state index in [-0.39, 0.29) is 29.5 Å². The van der Waals surface area contributed by atoms with Crippen LogP contribution in [0.2, 0.25) is 0 Å². The van der Waals surface area contributed by atoms with E-state index in [0.29, 0.717) is 48.9 Å². The molecular formula is C37H46N8O6. The number of aromatic amines is 1. The van der Waals surface area contributed by atoms with E-state index >= 15 is 0 Å². The molecule has 14 heteroatoms. The second-order valence-corrected chi connectivity index (χ2v) is 13.8. The van der Waals surface area contributed by atoms with Gasteiger partial charge in [0.2, 0.25) is 11.8 Å². The SMILES string of the molecule is COc1cc(-c2cn(C)c(=O)c3[nH]ncc23)cc(OC)c1CN1CC(NCC(=O)N2CCC(c3ccc(NC4CCC(=O)NC4O)cc3)CC2)C1. The van der Waals surface area contributed by atoms with Gasteiger partial charge in [-0.05, 0) is 60.6 Å². The van der Waals surface area contributed by atoms with E-state index in [1.807, 2.05) is 29.2 Å². The Labute approximate surface area is 296 Å². The molecule has 4 aromatic rings. The summed E-state index contributed by atoms with van der Waals surface area (Å²) >= 11 is 0. The first-order valence-corrected chi connectivity index (χ1v) is 17.6. The summed E-state index contributed by atoms with van der Waals surface area (Å²) in [6.07, 6.45) is 5.40. The molecule has 3 aliphatic heterocycles. The predicted octanol–water partition coefficient (Wildman–Crippen LogP) is 2.13. The highest BCUT2D eigenvalue weighted by molar-refractivity contribution is 5.94. The Morgan fingerprint density at radius 1 is 1.04 bits per heavy atom. The summed E-state index contributed by atoms with van der Waals surface area (Å²) in [5.41, 5.74) is 5.13. The Kier molecular flexibility index (Phi) is 9.98. The molecule has 0 radical (unpaired) electrons. The van der Waals surface area contributed by atoms with E-state index in [1.54, 1.807) is 33.7 Å². The highest BCUT2D eigenvalue weighted by atomic mass is 16.5. The summed E-state index contributed by atoms with van der Waals surface area (Å²) in [6.45, 7) is 4.03. The number of aromatic nitrogens is 3. The number of fused-ring (bicyclic) bond motifs is 1. The molecule has 0 bridgehead atoms. The number of nitrogens with one attached hydrogen (secondary N) is 4. The molecule has 7 rings (SSSR count). The molecule has 3 aliphatic rings. The number of rotatable bonds is 11. The van der Waals surface area contributed by atoms with Gasteiger partial charge in [0.25, 0.3) is 5.56 Å². The quantitative estimate of drug-likeness (QED) is 0.157. The molecule has 5 N–H and O–H groups in total. The lowest BCUT2D eigenvalue weighted by Gasteiger charge is -2.40. The first-order valence-electron chi connectivity index (χ1n) is 17.6. The number of hydrogen-bond acceptors (Lipinski definition) is 10. The molecule has 2 amide bonds. The fourth-order valence-electron chi connectivity index (χ4n) is 7.53. The molecule has 3 fully saturated rings. The van der Waals surface area contributed by atoms with Crippen LogP contribution in [0.5, 0.6) is 11.5 Å². The molecule has 14 nitrogen and oxygen atoms in total. The number of anilines is 1. The van der Waals surface area contributed by atoms with E-state index in [2.05, 4.69) is 43.2 Å². The molecule has 0 saturated carbocycles. The second kappa shape index (κ2) is 14.7. The van der Waals surface area contributed by atoms with Gasteiger partial charge < -0.3 is 40.0 Å². The van der Waals surface area contributed by atoms with Crippen LogP contribution in [0.1, 0.15) is 42.7 Å². The van der Waals surface area contributed by atoms with E-state index in [9.17, 15) is 19.5 Å². The lowest BCUT2D eigenvalue weighted by Crippen LogP contribution is -2.59. The van der Waals surface area contributed by atoms with Crippen LogP contribution in [0.3, 0.4) is 0 Å². The van der Waals surface area contributed by atoms with Gasteiger partial charge in [0.05, 0.1) is 38.6 Å². The Morgan fingerprint density at radius 3 is 2.41 bits per heavy atom. The highest BCUT2D eigenvalue weighted by Crippen LogP contribution is 2.38. The number of nitrogens with zero attached hydrogens (tertiary/aromatic N) is 4. The summed E-state index contributed by atoms with van der Waals surface area (Å²) in [7, 11) is 5.01. The first kappa shape index (κ1) is 34.5. The van der Waals surface area contributed by atoms with Gasteiger partial charge in [0.1, 0.15) is 23.2 Å². The zero-order valence-corrected chi connectivity index (χ0v) is 29.3.